The highest BCUT2D eigenvalue weighted by molar-refractivity contribution is 6.53. The predicted octanol–water partition coefficient (Wildman–Crippen LogP) is 4.53. The number of halogens is 1. The van der Waals surface area contributed by atoms with E-state index in [1.807, 2.05) is 11.9 Å². The highest BCUT2D eigenvalue weighted by Crippen LogP contribution is 2.30. The van der Waals surface area contributed by atoms with Crippen LogP contribution in [0.15, 0.2) is 65.3 Å². The van der Waals surface area contributed by atoms with E-state index in [1.165, 1.54) is 6.42 Å². The maximum atomic E-state index is 13.0. The van der Waals surface area contributed by atoms with Crippen LogP contribution in [-0.4, -0.2) is 35.7 Å². The number of imide groups is 1. The molecule has 1 aliphatic carbocycles. The molecule has 1 saturated carbocycles. The van der Waals surface area contributed by atoms with Crippen LogP contribution < -0.4 is 10.2 Å². The number of hydrogen-bond donors (Lipinski definition) is 1. The summed E-state index contributed by atoms with van der Waals surface area (Å²) in [5.74, 6) is -1.17. The molecule has 1 heterocycles. The van der Waals surface area contributed by atoms with Crippen LogP contribution in [0.4, 0.5) is 11.4 Å². The zero-order valence-electron chi connectivity index (χ0n) is 17.3. The molecule has 0 spiro atoms. The fourth-order valence-electron chi connectivity index (χ4n) is 4.14. The van der Waals surface area contributed by atoms with Gasteiger partial charge in [-0.1, -0.05) is 55.1 Å². The maximum absolute atomic E-state index is 13.0. The molecule has 4 rings (SSSR count). The van der Waals surface area contributed by atoms with Gasteiger partial charge >= 0.3 is 0 Å². The number of amides is 3. The summed E-state index contributed by atoms with van der Waals surface area (Å²) >= 11 is 6.20. The van der Waals surface area contributed by atoms with Crippen molar-refractivity contribution in [3.8, 4) is 0 Å². The van der Waals surface area contributed by atoms with Crippen molar-refractivity contribution in [1.29, 1.82) is 0 Å². The molecule has 2 aliphatic rings. The van der Waals surface area contributed by atoms with Crippen molar-refractivity contribution in [1.82, 2.24) is 4.90 Å². The van der Waals surface area contributed by atoms with Crippen molar-refractivity contribution in [3.63, 3.8) is 0 Å². The molecule has 6 nitrogen and oxygen atoms in total. The third-order valence-electron chi connectivity index (χ3n) is 5.86. The van der Waals surface area contributed by atoms with Gasteiger partial charge in [0.25, 0.3) is 17.7 Å². The number of carbonyl (C=O) groups excluding carboxylic acids is 3. The first-order valence-corrected chi connectivity index (χ1v) is 10.8. The van der Waals surface area contributed by atoms with Gasteiger partial charge in [0.2, 0.25) is 0 Å². The van der Waals surface area contributed by atoms with Gasteiger partial charge in [-0.3, -0.25) is 14.4 Å². The van der Waals surface area contributed by atoms with Crippen LogP contribution in [0, 0.1) is 0 Å². The molecule has 1 aliphatic heterocycles. The number of anilines is 2. The SMILES string of the molecule is CN(C(=O)c1cccc(NC2=C(Cl)C(=O)N(c3ccccc3)C2=O)c1)C1CCCCC1. The molecule has 0 aromatic heterocycles. The van der Waals surface area contributed by atoms with Gasteiger partial charge in [-0.05, 0) is 43.2 Å². The van der Waals surface area contributed by atoms with Gasteiger partial charge in [-0.15, -0.1) is 0 Å². The second kappa shape index (κ2) is 8.94. The van der Waals surface area contributed by atoms with Gasteiger partial charge in [-0.2, -0.15) is 0 Å². The molecule has 2 aromatic rings. The van der Waals surface area contributed by atoms with Gasteiger partial charge < -0.3 is 10.2 Å². The summed E-state index contributed by atoms with van der Waals surface area (Å²) in [5.41, 5.74) is 1.49. The average molecular weight is 438 g/mol. The minimum Gasteiger partial charge on any atom is -0.350 e. The maximum Gasteiger partial charge on any atom is 0.283 e. The van der Waals surface area contributed by atoms with Crippen molar-refractivity contribution in [2.24, 2.45) is 0 Å². The highest BCUT2D eigenvalue weighted by atomic mass is 35.5. The quantitative estimate of drug-likeness (QED) is 0.698. The summed E-state index contributed by atoms with van der Waals surface area (Å²) in [6, 6.07) is 15.8. The smallest absolute Gasteiger partial charge is 0.283 e. The Bertz CT molecular complexity index is 1050. The zero-order valence-corrected chi connectivity index (χ0v) is 18.1. The van der Waals surface area contributed by atoms with Crippen molar-refractivity contribution >= 4 is 40.7 Å². The van der Waals surface area contributed by atoms with Gasteiger partial charge in [0.05, 0.1) is 5.69 Å². The topological polar surface area (TPSA) is 69.7 Å². The number of nitrogens with one attached hydrogen (secondary N) is 1. The lowest BCUT2D eigenvalue weighted by Gasteiger charge is -2.31. The average Bonchev–Trinajstić information content (AvgIpc) is 3.02. The zero-order chi connectivity index (χ0) is 22.0. The molecule has 1 fully saturated rings. The normalized spacial score (nSPS) is 17.3. The first-order valence-electron chi connectivity index (χ1n) is 10.4. The third-order valence-corrected chi connectivity index (χ3v) is 6.21. The molecule has 0 bridgehead atoms. The Balaban J connectivity index is 1.53. The van der Waals surface area contributed by atoms with E-state index in [0.29, 0.717) is 16.9 Å². The van der Waals surface area contributed by atoms with E-state index in [0.717, 1.165) is 30.6 Å². The van der Waals surface area contributed by atoms with Crippen molar-refractivity contribution in [2.75, 3.05) is 17.3 Å². The van der Waals surface area contributed by atoms with Gasteiger partial charge in [0, 0.05) is 24.3 Å². The Morgan fingerprint density at radius 1 is 1.00 bits per heavy atom. The molecule has 1 N–H and O–H groups in total. The standard InChI is InChI=1S/C24H24ClN3O3/c1-27(18-11-4-2-5-12-18)22(29)16-9-8-10-17(15-16)26-21-20(25)23(30)28(24(21)31)19-13-6-3-7-14-19/h3,6-10,13-15,18,26H,2,4-5,11-12H2,1H3. The second-order valence-electron chi connectivity index (χ2n) is 7.88. The minimum absolute atomic E-state index is 0.000698. The van der Waals surface area contributed by atoms with Gasteiger partial charge in [-0.25, -0.2) is 4.90 Å². The number of nitrogens with zero attached hydrogens (tertiary/aromatic N) is 2. The van der Waals surface area contributed by atoms with Crippen LogP contribution in [0.25, 0.3) is 0 Å². The Hall–Kier alpha value is -3.12. The first-order chi connectivity index (χ1) is 15.0. The van der Waals surface area contributed by atoms with E-state index in [-0.39, 0.29) is 22.7 Å². The van der Waals surface area contributed by atoms with Crippen LogP contribution in [0.2, 0.25) is 0 Å². The molecule has 0 saturated heterocycles. The van der Waals surface area contributed by atoms with E-state index < -0.39 is 11.8 Å². The second-order valence-corrected chi connectivity index (χ2v) is 8.26. The Morgan fingerprint density at radius 2 is 1.71 bits per heavy atom. The van der Waals surface area contributed by atoms with Crippen molar-refractivity contribution < 1.29 is 14.4 Å². The predicted molar refractivity (Wildman–Crippen MR) is 121 cm³/mol. The number of benzene rings is 2. The van der Waals surface area contributed by atoms with Crippen LogP contribution >= 0.6 is 11.6 Å². The lowest BCUT2D eigenvalue weighted by molar-refractivity contribution is -0.120. The third kappa shape index (κ3) is 4.21. The van der Waals surface area contributed by atoms with E-state index in [4.69, 9.17) is 11.6 Å². The van der Waals surface area contributed by atoms with Crippen LogP contribution in [0.1, 0.15) is 42.5 Å². The summed E-state index contributed by atoms with van der Waals surface area (Å²) in [6.07, 6.45) is 5.55. The molecule has 160 valence electrons. The molecule has 2 aromatic carbocycles. The first kappa shape index (κ1) is 21.1. The Labute approximate surface area is 186 Å². The molecular formula is C24H24ClN3O3. The fraction of sp³-hybridized carbons (Fsp3) is 0.292. The van der Waals surface area contributed by atoms with Crippen LogP contribution in [0.5, 0.6) is 0 Å². The lowest BCUT2D eigenvalue weighted by Crippen LogP contribution is -2.38. The van der Waals surface area contributed by atoms with E-state index in [2.05, 4.69) is 5.32 Å². The summed E-state index contributed by atoms with van der Waals surface area (Å²) in [5, 5.41) is 2.77. The van der Waals surface area contributed by atoms with E-state index >= 15 is 0 Å². The highest BCUT2D eigenvalue weighted by Gasteiger charge is 2.39. The molecule has 3 amide bonds. The summed E-state index contributed by atoms with van der Waals surface area (Å²) in [6.45, 7) is 0. The van der Waals surface area contributed by atoms with Crippen LogP contribution in [0.3, 0.4) is 0 Å². The number of hydrogen-bond acceptors (Lipinski definition) is 4. The van der Waals surface area contributed by atoms with E-state index in [9.17, 15) is 14.4 Å². The molecular weight excluding hydrogens is 414 g/mol. The molecule has 31 heavy (non-hydrogen) atoms. The van der Waals surface area contributed by atoms with Crippen molar-refractivity contribution in [2.45, 2.75) is 38.1 Å². The number of para-hydroxylation sites is 1. The van der Waals surface area contributed by atoms with Crippen molar-refractivity contribution in [3.05, 3.63) is 70.9 Å². The van der Waals surface area contributed by atoms with Gasteiger partial charge in [0.15, 0.2) is 0 Å². The summed E-state index contributed by atoms with van der Waals surface area (Å²) in [7, 11) is 1.84. The Kier molecular flexibility index (Phi) is 6.09. The van der Waals surface area contributed by atoms with Gasteiger partial charge in [0.1, 0.15) is 10.7 Å². The van der Waals surface area contributed by atoms with E-state index in [1.54, 1.807) is 54.6 Å². The summed E-state index contributed by atoms with van der Waals surface area (Å²) < 4.78 is 0. The minimum atomic E-state index is -0.579. The molecule has 0 atom stereocenters. The fourth-order valence-corrected chi connectivity index (χ4v) is 4.35. The monoisotopic (exact) mass is 437 g/mol. The number of carbonyl (C=O) groups is 3. The lowest BCUT2D eigenvalue weighted by atomic mass is 9.94. The molecule has 0 unspecified atom stereocenters. The largest absolute Gasteiger partial charge is 0.350 e. The summed E-state index contributed by atoms with van der Waals surface area (Å²) in [4.78, 5) is 41.3. The Morgan fingerprint density at radius 3 is 2.42 bits per heavy atom. The molecule has 0 radical (unpaired) electrons. The molecule has 7 heteroatoms. The van der Waals surface area contributed by atoms with Crippen LogP contribution in [-0.2, 0) is 9.59 Å². The number of rotatable bonds is 5.